The van der Waals surface area contributed by atoms with Crippen LogP contribution in [0.2, 0.25) is 0 Å². The number of nitrogens with zero attached hydrogens (tertiary/aromatic N) is 3. The molecule has 0 spiro atoms. The third-order valence-electron chi connectivity index (χ3n) is 4.88. The molecule has 0 bridgehead atoms. The van der Waals surface area contributed by atoms with E-state index in [0.29, 0.717) is 39.2 Å². The molecular formula is C21H21N5O2. The number of nitrogen functional groups attached to an aromatic ring is 1. The van der Waals surface area contributed by atoms with E-state index in [1.54, 1.807) is 32.5 Å². The number of hydrogen-bond acceptors (Lipinski definition) is 6. The van der Waals surface area contributed by atoms with Crippen LogP contribution in [0.4, 0.5) is 17.3 Å². The van der Waals surface area contributed by atoms with Gasteiger partial charge in [0.2, 0.25) is 5.95 Å². The minimum atomic E-state index is -0.156. The Labute approximate surface area is 161 Å². The lowest BCUT2D eigenvalue weighted by Crippen LogP contribution is -2.18. The van der Waals surface area contributed by atoms with Gasteiger partial charge in [-0.15, -0.1) is 0 Å². The highest BCUT2D eigenvalue weighted by atomic mass is 16.5. The van der Waals surface area contributed by atoms with Crippen molar-refractivity contribution in [3.05, 3.63) is 58.5 Å². The first-order chi connectivity index (χ1) is 13.5. The zero-order valence-electron chi connectivity index (χ0n) is 16.0. The normalized spacial score (nSPS) is 11.1. The monoisotopic (exact) mass is 375 g/mol. The van der Waals surface area contributed by atoms with Crippen LogP contribution < -0.4 is 21.3 Å². The van der Waals surface area contributed by atoms with Gasteiger partial charge < -0.3 is 20.4 Å². The lowest BCUT2D eigenvalue weighted by molar-refractivity contribution is 0.417. The number of hydrogen-bond donors (Lipinski definition) is 2. The molecule has 142 valence electrons. The minimum Gasteiger partial charge on any atom is -0.495 e. The minimum absolute atomic E-state index is 0.156. The average Bonchev–Trinajstić information content (AvgIpc) is 2.72. The van der Waals surface area contributed by atoms with Gasteiger partial charge in [0, 0.05) is 18.1 Å². The molecule has 0 aliphatic carbocycles. The van der Waals surface area contributed by atoms with Crippen molar-refractivity contribution in [3.8, 4) is 5.75 Å². The molecule has 7 nitrogen and oxygen atoms in total. The summed E-state index contributed by atoms with van der Waals surface area (Å²) in [5, 5.41) is 4.41. The molecule has 0 aliphatic heterocycles. The number of benzene rings is 2. The van der Waals surface area contributed by atoms with Crippen molar-refractivity contribution < 1.29 is 4.74 Å². The summed E-state index contributed by atoms with van der Waals surface area (Å²) in [6.07, 6.45) is 2.60. The van der Waals surface area contributed by atoms with Crippen LogP contribution in [-0.4, -0.2) is 21.6 Å². The van der Waals surface area contributed by atoms with Crippen LogP contribution in [0.1, 0.15) is 12.5 Å². The van der Waals surface area contributed by atoms with Crippen molar-refractivity contribution in [2.24, 2.45) is 7.05 Å². The number of fused-ring (bicyclic) bond motifs is 3. The average molecular weight is 375 g/mol. The van der Waals surface area contributed by atoms with Gasteiger partial charge in [-0.2, -0.15) is 0 Å². The molecule has 0 aliphatic rings. The van der Waals surface area contributed by atoms with Crippen molar-refractivity contribution in [2.45, 2.75) is 13.3 Å². The number of ether oxygens (including phenoxy) is 1. The van der Waals surface area contributed by atoms with E-state index < -0.39 is 0 Å². The number of pyridine rings is 1. The standard InChI is InChI=1S/C21H21N5O2/c1-4-12-6-5-7-13(8-12)24-21-23-11-17-19(25-21)14-10-18(28-3)16(22)9-15(14)20(27)26(17)2/h5-11H,4,22H2,1-3H3,(H,23,24,25). The van der Waals surface area contributed by atoms with E-state index in [1.807, 2.05) is 12.1 Å². The lowest BCUT2D eigenvalue weighted by atomic mass is 10.1. The van der Waals surface area contributed by atoms with E-state index in [-0.39, 0.29) is 5.56 Å². The van der Waals surface area contributed by atoms with Crippen molar-refractivity contribution in [2.75, 3.05) is 18.2 Å². The number of nitrogens with two attached hydrogens (primary N) is 1. The van der Waals surface area contributed by atoms with Crippen molar-refractivity contribution in [1.82, 2.24) is 14.5 Å². The quantitative estimate of drug-likeness (QED) is 0.419. The second-order valence-corrected chi connectivity index (χ2v) is 6.61. The van der Waals surface area contributed by atoms with Crippen molar-refractivity contribution in [1.29, 1.82) is 0 Å². The molecule has 2 aromatic heterocycles. The van der Waals surface area contributed by atoms with Crippen LogP contribution in [0, 0.1) is 0 Å². The molecule has 7 heteroatoms. The van der Waals surface area contributed by atoms with Gasteiger partial charge in [-0.3, -0.25) is 4.79 Å². The van der Waals surface area contributed by atoms with E-state index >= 15 is 0 Å². The van der Waals surface area contributed by atoms with E-state index in [0.717, 1.165) is 12.1 Å². The fourth-order valence-electron chi connectivity index (χ4n) is 3.31. The number of rotatable bonds is 4. The Morgan fingerprint density at radius 2 is 2.04 bits per heavy atom. The summed E-state index contributed by atoms with van der Waals surface area (Å²) in [5.74, 6) is 0.960. The summed E-state index contributed by atoms with van der Waals surface area (Å²) in [7, 11) is 3.25. The van der Waals surface area contributed by atoms with Gasteiger partial charge in [-0.05, 0) is 36.2 Å². The Morgan fingerprint density at radius 3 is 2.79 bits per heavy atom. The van der Waals surface area contributed by atoms with E-state index in [4.69, 9.17) is 10.5 Å². The third-order valence-corrected chi connectivity index (χ3v) is 4.88. The summed E-state index contributed by atoms with van der Waals surface area (Å²) in [6, 6.07) is 11.5. The number of aryl methyl sites for hydroxylation is 2. The summed E-state index contributed by atoms with van der Waals surface area (Å²) in [6.45, 7) is 2.11. The smallest absolute Gasteiger partial charge is 0.258 e. The first-order valence-electron chi connectivity index (χ1n) is 9.00. The first kappa shape index (κ1) is 17.8. The summed E-state index contributed by atoms with van der Waals surface area (Å²) >= 11 is 0. The van der Waals surface area contributed by atoms with Gasteiger partial charge in [0.15, 0.2) is 0 Å². The summed E-state index contributed by atoms with van der Waals surface area (Å²) < 4.78 is 6.86. The Morgan fingerprint density at radius 1 is 1.21 bits per heavy atom. The summed E-state index contributed by atoms with van der Waals surface area (Å²) in [4.78, 5) is 21.8. The molecule has 0 unspecified atom stereocenters. The van der Waals surface area contributed by atoms with Crippen LogP contribution in [0.5, 0.6) is 5.75 Å². The molecule has 0 amide bonds. The Kier molecular flexibility index (Phi) is 4.35. The molecule has 2 heterocycles. The van der Waals surface area contributed by atoms with Crippen molar-refractivity contribution in [3.63, 3.8) is 0 Å². The molecule has 0 fully saturated rings. The van der Waals surface area contributed by atoms with Gasteiger partial charge in [0.25, 0.3) is 5.56 Å². The van der Waals surface area contributed by atoms with E-state index in [9.17, 15) is 4.79 Å². The maximum atomic E-state index is 12.7. The topological polar surface area (TPSA) is 95.1 Å². The number of aromatic nitrogens is 3. The van der Waals surface area contributed by atoms with Crippen LogP contribution in [0.15, 0.2) is 47.4 Å². The highest BCUT2D eigenvalue weighted by Gasteiger charge is 2.14. The predicted molar refractivity (Wildman–Crippen MR) is 112 cm³/mol. The van der Waals surface area contributed by atoms with Gasteiger partial charge in [-0.25, -0.2) is 9.97 Å². The Bertz CT molecular complexity index is 1260. The molecular weight excluding hydrogens is 354 g/mol. The molecule has 0 saturated carbocycles. The van der Waals surface area contributed by atoms with Gasteiger partial charge >= 0.3 is 0 Å². The fourth-order valence-corrected chi connectivity index (χ4v) is 3.31. The molecule has 0 saturated heterocycles. The molecule has 4 aromatic rings. The van der Waals surface area contributed by atoms with Crippen LogP contribution in [0.3, 0.4) is 0 Å². The van der Waals surface area contributed by atoms with Gasteiger partial charge in [-0.1, -0.05) is 19.1 Å². The van der Waals surface area contributed by atoms with Crippen molar-refractivity contribution >= 4 is 39.1 Å². The molecule has 4 rings (SSSR count). The van der Waals surface area contributed by atoms with Crippen LogP contribution >= 0.6 is 0 Å². The summed E-state index contributed by atoms with van der Waals surface area (Å²) in [5.41, 5.74) is 9.68. The largest absolute Gasteiger partial charge is 0.495 e. The van der Waals surface area contributed by atoms with Gasteiger partial charge in [0.05, 0.1) is 29.9 Å². The first-order valence-corrected chi connectivity index (χ1v) is 9.00. The van der Waals surface area contributed by atoms with Crippen LogP contribution in [-0.2, 0) is 13.5 Å². The van der Waals surface area contributed by atoms with Crippen LogP contribution in [0.25, 0.3) is 21.8 Å². The van der Waals surface area contributed by atoms with E-state index in [1.165, 1.54) is 10.1 Å². The lowest BCUT2D eigenvalue weighted by Gasteiger charge is -2.12. The highest BCUT2D eigenvalue weighted by molar-refractivity contribution is 6.05. The Hall–Kier alpha value is -3.61. The second kappa shape index (κ2) is 6.84. The molecule has 0 atom stereocenters. The molecule has 28 heavy (non-hydrogen) atoms. The number of anilines is 3. The third kappa shape index (κ3) is 2.90. The fraction of sp³-hybridized carbons (Fsp3) is 0.190. The highest BCUT2D eigenvalue weighted by Crippen LogP contribution is 2.30. The maximum Gasteiger partial charge on any atom is 0.258 e. The molecule has 3 N–H and O–H groups in total. The number of methoxy groups -OCH3 is 1. The zero-order chi connectivity index (χ0) is 19.8. The number of nitrogens with one attached hydrogen (secondary N) is 1. The van der Waals surface area contributed by atoms with Gasteiger partial charge in [0.1, 0.15) is 11.3 Å². The Balaban J connectivity index is 1.93. The predicted octanol–water partition coefficient (Wildman–Crippen LogP) is 3.38. The molecule has 2 aromatic carbocycles. The SMILES string of the molecule is CCc1cccc(Nc2ncc3c(n2)c2cc(OC)c(N)cc2c(=O)n3C)c1. The molecule has 0 radical (unpaired) electrons. The maximum absolute atomic E-state index is 12.7. The van der Waals surface area contributed by atoms with E-state index in [2.05, 4.69) is 34.3 Å². The zero-order valence-corrected chi connectivity index (χ0v) is 16.0. The second-order valence-electron chi connectivity index (χ2n) is 6.61.